The molecule has 2 aromatic carbocycles. The van der Waals surface area contributed by atoms with E-state index < -0.39 is 16.1 Å². The molecule has 2 N–H and O–H groups in total. The molecule has 2 aromatic rings. The first kappa shape index (κ1) is 19.4. The molecule has 0 aliphatic carbocycles. The topological polar surface area (TPSA) is 87.6 Å². The van der Waals surface area contributed by atoms with Crippen LogP contribution in [0, 0.1) is 0 Å². The Morgan fingerprint density at radius 2 is 1.96 bits per heavy atom. The number of hydrogen-bond donors (Lipinski definition) is 2. The van der Waals surface area contributed by atoms with Crippen molar-refractivity contribution >= 4 is 33.4 Å². The largest absolute Gasteiger partial charge is 0.347 e. The van der Waals surface area contributed by atoms with E-state index in [1.165, 1.54) is 6.07 Å². The fourth-order valence-corrected chi connectivity index (χ4v) is 4.36. The zero-order valence-electron chi connectivity index (χ0n) is 14.9. The fourth-order valence-electron chi connectivity index (χ4n) is 2.92. The lowest BCUT2D eigenvalue weighted by Gasteiger charge is -2.19. The van der Waals surface area contributed by atoms with Crippen molar-refractivity contribution in [2.75, 3.05) is 0 Å². The number of amides is 1. The number of amidine groups is 1. The van der Waals surface area contributed by atoms with Gasteiger partial charge in [-0.1, -0.05) is 42.8 Å². The van der Waals surface area contributed by atoms with E-state index in [1.807, 2.05) is 25.1 Å². The van der Waals surface area contributed by atoms with Gasteiger partial charge in [0.1, 0.15) is 11.9 Å². The zero-order chi connectivity index (χ0) is 19.6. The number of aliphatic imine (C=N–C) groups is 1. The molecule has 0 aromatic heterocycles. The van der Waals surface area contributed by atoms with Crippen LogP contribution in [-0.2, 0) is 14.8 Å². The minimum Gasteiger partial charge on any atom is -0.347 e. The molecule has 2 atom stereocenters. The molecule has 27 heavy (non-hydrogen) atoms. The number of benzene rings is 2. The van der Waals surface area contributed by atoms with Gasteiger partial charge in [0, 0.05) is 10.6 Å². The summed E-state index contributed by atoms with van der Waals surface area (Å²) in [5, 5.41) is 3.55. The Morgan fingerprint density at radius 1 is 1.22 bits per heavy atom. The number of carbonyl (C=O) groups excluding carboxylic acids is 1. The van der Waals surface area contributed by atoms with E-state index in [2.05, 4.69) is 15.0 Å². The standard InChI is InChI=1S/C19H20ClN3O3S/c1-3-16(13-7-6-8-14(20)11-13)22-19(24)12(2)21-18-15-9-4-5-10-17(15)27(25,26)23-18/h4-12,16H,3H2,1-2H3,(H,21,23)(H,22,24)/t12-,16?/m0/s1. The van der Waals surface area contributed by atoms with Crippen LogP contribution in [0.2, 0.25) is 5.02 Å². The lowest BCUT2D eigenvalue weighted by molar-refractivity contribution is -0.122. The van der Waals surface area contributed by atoms with Crippen molar-refractivity contribution in [3.05, 3.63) is 64.7 Å². The van der Waals surface area contributed by atoms with E-state index in [-0.39, 0.29) is 22.7 Å². The number of sulfonamides is 1. The Kier molecular flexibility index (Phi) is 5.53. The van der Waals surface area contributed by atoms with Crippen molar-refractivity contribution in [3.63, 3.8) is 0 Å². The zero-order valence-corrected chi connectivity index (χ0v) is 16.5. The van der Waals surface area contributed by atoms with Gasteiger partial charge in [-0.2, -0.15) is 0 Å². The van der Waals surface area contributed by atoms with Gasteiger partial charge in [-0.15, -0.1) is 0 Å². The minimum atomic E-state index is -3.63. The van der Waals surface area contributed by atoms with Gasteiger partial charge in [0.05, 0.1) is 10.9 Å². The summed E-state index contributed by atoms with van der Waals surface area (Å²) in [4.78, 5) is 17.1. The van der Waals surface area contributed by atoms with Crippen molar-refractivity contribution in [2.24, 2.45) is 4.99 Å². The molecular formula is C19H20ClN3O3S. The summed E-state index contributed by atoms with van der Waals surface area (Å²) in [6, 6.07) is 12.9. The molecule has 8 heteroatoms. The van der Waals surface area contributed by atoms with Crippen LogP contribution >= 0.6 is 11.6 Å². The van der Waals surface area contributed by atoms with Crippen LogP contribution in [0.3, 0.4) is 0 Å². The number of fused-ring (bicyclic) bond motifs is 1. The average Bonchev–Trinajstić information content (AvgIpc) is 2.90. The highest BCUT2D eigenvalue weighted by molar-refractivity contribution is 7.90. The van der Waals surface area contributed by atoms with E-state index in [4.69, 9.17) is 11.6 Å². The second kappa shape index (κ2) is 7.70. The summed E-state index contributed by atoms with van der Waals surface area (Å²) in [5.41, 5.74) is 1.38. The number of halogens is 1. The molecule has 142 valence electrons. The maximum absolute atomic E-state index is 12.6. The molecule has 0 fully saturated rings. The predicted octanol–water partition coefficient (Wildman–Crippen LogP) is 3.03. The molecule has 1 unspecified atom stereocenters. The molecule has 1 aliphatic heterocycles. The lowest BCUT2D eigenvalue weighted by atomic mass is 10.0. The molecule has 1 aliphatic rings. The molecule has 0 spiro atoms. The molecule has 0 saturated carbocycles. The summed E-state index contributed by atoms with van der Waals surface area (Å²) in [7, 11) is -3.63. The van der Waals surface area contributed by atoms with E-state index in [9.17, 15) is 13.2 Å². The van der Waals surface area contributed by atoms with Gasteiger partial charge < -0.3 is 5.32 Å². The Bertz CT molecular complexity index is 1000. The lowest BCUT2D eigenvalue weighted by Crippen LogP contribution is -2.36. The number of hydrogen-bond acceptors (Lipinski definition) is 4. The average molecular weight is 406 g/mol. The van der Waals surface area contributed by atoms with Gasteiger partial charge in [0.2, 0.25) is 5.91 Å². The van der Waals surface area contributed by atoms with Crippen molar-refractivity contribution in [1.29, 1.82) is 0 Å². The number of nitrogens with zero attached hydrogens (tertiary/aromatic N) is 1. The van der Waals surface area contributed by atoms with Crippen LogP contribution in [0.1, 0.15) is 37.4 Å². The maximum Gasteiger partial charge on any atom is 0.263 e. The Morgan fingerprint density at radius 3 is 2.67 bits per heavy atom. The number of rotatable bonds is 5. The predicted molar refractivity (Wildman–Crippen MR) is 105 cm³/mol. The van der Waals surface area contributed by atoms with Crippen LogP contribution in [0.25, 0.3) is 0 Å². The van der Waals surface area contributed by atoms with E-state index in [1.54, 1.807) is 31.2 Å². The second-order valence-corrected chi connectivity index (χ2v) is 8.37. The summed E-state index contributed by atoms with van der Waals surface area (Å²) in [6.07, 6.45) is 0.685. The van der Waals surface area contributed by atoms with Gasteiger partial charge in [-0.25, -0.2) is 8.42 Å². The first-order valence-corrected chi connectivity index (χ1v) is 10.4. The van der Waals surface area contributed by atoms with Gasteiger partial charge in [0.25, 0.3) is 10.0 Å². The Balaban J connectivity index is 1.79. The molecule has 6 nitrogen and oxygen atoms in total. The smallest absolute Gasteiger partial charge is 0.263 e. The summed E-state index contributed by atoms with van der Waals surface area (Å²) >= 11 is 6.03. The van der Waals surface area contributed by atoms with Gasteiger partial charge >= 0.3 is 0 Å². The van der Waals surface area contributed by atoms with Gasteiger partial charge in [-0.3, -0.25) is 14.5 Å². The van der Waals surface area contributed by atoms with Crippen LogP contribution < -0.4 is 10.0 Å². The Hall–Kier alpha value is -2.38. The van der Waals surface area contributed by atoms with Crippen LogP contribution in [0.5, 0.6) is 0 Å². The van der Waals surface area contributed by atoms with Crippen molar-refractivity contribution in [3.8, 4) is 0 Å². The minimum absolute atomic E-state index is 0.168. The van der Waals surface area contributed by atoms with E-state index >= 15 is 0 Å². The summed E-state index contributed by atoms with van der Waals surface area (Å²) < 4.78 is 26.7. The molecule has 0 radical (unpaired) electrons. The van der Waals surface area contributed by atoms with Crippen LogP contribution in [-0.4, -0.2) is 26.2 Å². The SMILES string of the molecule is CCC(NC(=O)[C@H](C)N=C1NS(=O)(=O)c2ccccc21)c1cccc(Cl)c1. The third-order valence-electron chi connectivity index (χ3n) is 4.34. The molecule has 1 amide bonds. The van der Waals surface area contributed by atoms with Crippen molar-refractivity contribution in [2.45, 2.75) is 37.2 Å². The highest BCUT2D eigenvalue weighted by Crippen LogP contribution is 2.23. The molecule has 1 heterocycles. The number of nitrogens with one attached hydrogen (secondary N) is 2. The monoisotopic (exact) mass is 405 g/mol. The summed E-state index contributed by atoms with van der Waals surface area (Å²) in [5.74, 6) is -0.109. The highest BCUT2D eigenvalue weighted by atomic mass is 35.5. The van der Waals surface area contributed by atoms with Crippen LogP contribution in [0.15, 0.2) is 58.4 Å². The number of carbonyl (C=O) groups is 1. The third kappa shape index (κ3) is 4.14. The Labute approximate surface area is 163 Å². The molecule has 3 rings (SSSR count). The second-order valence-electron chi connectivity index (χ2n) is 6.28. The third-order valence-corrected chi connectivity index (χ3v) is 5.97. The molecule has 0 saturated heterocycles. The van der Waals surface area contributed by atoms with Crippen molar-refractivity contribution in [1.82, 2.24) is 10.0 Å². The first-order chi connectivity index (χ1) is 12.8. The van der Waals surface area contributed by atoms with Gasteiger partial charge in [0.15, 0.2) is 0 Å². The fraction of sp³-hybridized carbons (Fsp3) is 0.263. The van der Waals surface area contributed by atoms with Crippen molar-refractivity contribution < 1.29 is 13.2 Å². The van der Waals surface area contributed by atoms with Crippen LogP contribution in [0.4, 0.5) is 0 Å². The quantitative estimate of drug-likeness (QED) is 0.801. The highest BCUT2D eigenvalue weighted by Gasteiger charge is 2.31. The molecule has 0 bridgehead atoms. The van der Waals surface area contributed by atoms with E-state index in [0.717, 1.165) is 5.56 Å². The molecular weight excluding hydrogens is 386 g/mol. The normalized spacial score (nSPS) is 18.4. The summed E-state index contributed by atoms with van der Waals surface area (Å²) in [6.45, 7) is 3.59. The maximum atomic E-state index is 12.6. The van der Waals surface area contributed by atoms with Gasteiger partial charge in [-0.05, 0) is 43.2 Å². The first-order valence-electron chi connectivity index (χ1n) is 8.57. The van der Waals surface area contributed by atoms with E-state index in [0.29, 0.717) is 17.0 Å².